The summed E-state index contributed by atoms with van der Waals surface area (Å²) in [6, 6.07) is 0. The van der Waals surface area contributed by atoms with Gasteiger partial charge in [-0.05, 0) is 19.3 Å². The molecule has 3 nitrogen and oxygen atoms in total. The number of carbonyl (C=O) groups excluding carboxylic acids is 1. The van der Waals surface area contributed by atoms with E-state index in [4.69, 9.17) is 0 Å². The average Bonchev–Trinajstić information content (AvgIpc) is 2.30. The Morgan fingerprint density at radius 2 is 2.00 bits per heavy atom. The van der Waals surface area contributed by atoms with E-state index in [-0.39, 0.29) is 18.9 Å². The Bertz CT molecular complexity index is 250. The molecule has 1 fully saturated rings. The molecule has 1 N–H and O–H groups in total. The zero-order valence-corrected chi connectivity index (χ0v) is 10.1. The fourth-order valence-corrected chi connectivity index (χ4v) is 2.25. The highest BCUT2D eigenvalue weighted by Gasteiger charge is 2.48. The van der Waals surface area contributed by atoms with Gasteiger partial charge in [-0.3, -0.25) is 0 Å². The number of hydrogen-bond donors (Lipinski definition) is 1. The molecule has 0 amide bonds. The summed E-state index contributed by atoms with van der Waals surface area (Å²) in [4.78, 5) is 11.0. The van der Waals surface area contributed by atoms with Gasteiger partial charge < -0.3 is 9.84 Å². The lowest BCUT2D eigenvalue weighted by Gasteiger charge is -2.27. The van der Waals surface area contributed by atoms with Crippen LogP contribution in [-0.4, -0.2) is 29.7 Å². The van der Waals surface area contributed by atoms with E-state index in [0.29, 0.717) is 0 Å². The molecule has 1 saturated carbocycles. The van der Waals surface area contributed by atoms with E-state index in [0.717, 1.165) is 32.1 Å². The fourth-order valence-electron chi connectivity index (χ4n) is 2.25. The van der Waals surface area contributed by atoms with Gasteiger partial charge in [-0.1, -0.05) is 32.1 Å². The number of rotatable bonds is 5. The highest BCUT2D eigenvalue weighted by molar-refractivity contribution is 5.78. The van der Waals surface area contributed by atoms with Gasteiger partial charge in [0.2, 0.25) is 0 Å². The molecule has 5 heteroatoms. The number of ether oxygens (including phenoxy) is 1. The monoisotopic (exact) mass is 250 g/mol. The Morgan fingerprint density at radius 3 is 2.53 bits per heavy atom. The van der Waals surface area contributed by atoms with Crippen molar-refractivity contribution in [1.29, 1.82) is 0 Å². The van der Waals surface area contributed by atoms with Gasteiger partial charge in [-0.25, -0.2) is 4.79 Å². The zero-order chi connectivity index (χ0) is 12.9. The minimum atomic E-state index is -3.78. The van der Waals surface area contributed by atoms with E-state index in [1.807, 2.05) is 0 Å². The van der Waals surface area contributed by atoms with Gasteiger partial charge in [0.1, 0.15) is 6.10 Å². The van der Waals surface area contributed by atoms with E-state index in [1.54, 1.807) is 0 Å². The Labute approximate surface area is 100 Å². The third kappa shape index (κ3) is 3.91. The maximum absolute atomic E-state index is 13.4. The van der Waals surface area contributed by atoms with Crippen LogP contribution in [0.15, 0.2) is 0 Å². The van der Waals surface area contributed by atoms with Gasteiger partial charge in [0, 0.05) is 0 Å². The Kier molecular flexibility index (Phi) is 5.31. The van der Waals surface area contributed by atoms with Crippen molar-refractivity contribution < 1.29 is 23.4 Å². The van der Waals surface area contributed by atoms with Crippen molar-refractivity contribution in [3.05, 3.63) is 0 Å². The smallest absolute Gasteiger partial charge is 0.379 e. The Hall–Kier alpha value is -0.710. The number of alkyl halides is 2. The molecule has 0 heterocycles. The number of hydrogen-bond acceptors (Lipinski definition) is 3. The van der Waals surface area contributed by atoms with Crippen LogP contribution in [0, 0.1) is 5.92 Å². The molecule has 1 atom stereocenters. The van der Waals surface area contributed by atoms with E-state index >= 15 is 0 Å². The fraction of sp³-hybridized carbons (Fsp3) is 0.917. The van der Waals surface area contributed by atoms with Crippen LogP contribution < -0.4 is 0 Å². The third-order valence-electron chi connectivity index (χ3n) is 3.25. The molecule has 17 heavy (non-hydrogen) atoms. The normalized spacial score (nSPS) is 20.0. The molecule has 0 saturated heterocycles. The van der Waals surface area contributed by atoms with Crippen molar-refractivity contribution in [3.63, 3.8) is 0 Å². The second-order valence-corrected chi connectivity index (χ2v) is 4.60. The lowest BCUT2D eigenvalue weighted by atomic mass is 9.84. The van der Waals surface area contributed by atoms with Crippen LogP contribution in [0.4, 0.5) is 8.78 Å². The zero-order valence-electron chi connectivity index (χ0n) is 10.1. The predicted molar refractivity (Wildman–Crippen MR) is 58.8 cm³/mol. The third-order valence-corrected chi connectivity index (χ3v) is 3.25. The number of aliphatic hydroxyl groups excluding tert-OH is 1. The van der Waals surface area contributed by atoms with Crippen LogP contribution in [0.2, 0.25) is 0 Å². The molecule has 100 valence electrons. The van der Waals surface area contributed by atoms with E-state index in [9.17, 15) is 18.7 Å². The molecule has 0 aliphatic heterocycles. The first-order valence-corrected chi connectivity index (χ1v) is 6.21. The first kappa shape index (κ1) is 14.4. The summed E-state index contributed by atoms with van der Waals surface area (Å²) in [6.45, 7) is 1.35. The summed E-state index contributed by atoms with van der Waals surface area (Å²) in [5.41, 5.74) is 0. The lowest BCUT2D eigenvalue weighted by molar-refractivity contribution is -0.190. The molecule has 0 aromatic carbocycles. The summed E-state index contributed by atoms with van der Waals surface area (Å²) in [6.07, 6.45) is 2.92. The summed E-state index contributed by atoms with van der Waals surface area (Å²) >= 11 is 0. The van der Waals surface area contributed by atoms with Crippen LogP contribution in [-0.2, 0) is 9.53 Å². The van der Waals surface area contributed by atoms with Crippen molar-refractivity contribution >= 4 is 5.97 Å². The average molecular weight is 250 g/mol. The molecule has 1 unspecified atom stereocenters. The summed E-state index contributed by atoms with van der Waals surface area (Å²) in [5, 5.41) is 9.48. The minimum Gasteiger partial charge on any atom is -0.461 e. The number of halogens is 2. The second kappa shape index (κ2) is 6.28. The predicted octanol–water partition coefficient (Wildman–Crippen LogP) is 2.52. The quantitative estimate of drug-likeness (QED) is 0.763. The van der Waals surface area contributed by atoms with Crippen molar-refractivity contribution in [2.24, 2.45) is 5.92 Å². The number of carbonyl (C=O) groups is 1. The van der Waals surface area contributed by atoms with Crippen LogP contribution >= 0.6 is 0 Å². The lowest BCUT2D eigenvalue weighted by Crippen LogP contribution is -2.43. The van der Waals surface area contributed by atoms with Gasteiger partial charge in [-0.15, -0.1) is 0 Å². The largest absolute Gasteiger partial charge is 0.461 e. The molecule has 0 aromatic heterocycles. The standard InChI is InChI=1S/C12H20F2O3/c1-2-17-11(16)12(13,14)10(15)8-9-6-4-3-5-7-9/h9-10,15H,2-8H2,1H3. The van der Waals surface area contributed by atoms with Gasteiger partial charge in [0.05, 0.1) is 6.61 Å². The molecular formula is C12H20F2O3. The minimum absolute atomic E-state index is 0.0220. The maximum atomic E-state index is 13.4. The van der Waals surface area contributed by atoms with Crippen LogP contribution in [0.3, 0.4) is 0 Å². The maximum Gasteiger partial charge on any atom is 0.379 e. The van der Waals surface area contributed by atoms with Crippen molar-refractivity contribution in [1.82, 2.24) is 0 Å². The second-order valence-electron chi connectivity index (χ2n) is 4.60. The first-order chi connectivity index (χ1) is 7.98. The topological polar surface area (TPSA) is 46.5 Å². The Balaban J connectivity index is 2.48. The Morgan fingerprint density at radius 1 is 1.41 bits per heavy atom. The number of esters is 1. The first-order valence-electron chi connectivity index (χ1n) is 6.21. The molecule has 0 bridgehead atoms. The molecule has 1 aliphatic carbocycles. The van der Waals surface area contributed by atoms with Crippen molar-refractivity contribution in [3.8, 4) is 0 Å². The highest BCUT2D eigenvalue weighted by atomic mass is 19.3. The van der Waals surface area contributed by atoms with E-state index in [1.165, 1.54) is 6.92 Å². The van der Waals surface area contributed by atoms with Gasteiger partial charge in [0.15, 0.2) is 0 Å². The molecular weight excluding hydrogens is 230 g/mol. The van der Waals surface area contributed by atoms with Gasteiger partial charge in [-0.2, -0.15) is 8.78 Å². The highest BCUT2D eigenvalue weighted by Crippen LogP contribution is 2.32. The van der Waals surface area contributed by atoms with Crippen LogP contribution in [0.25, 0.3) is 0 Å². The molecule has 1 rings (SSSR count). The molecule has 0 radical (unpaired) electrons. The van der Waals surface area contributed by atoms with Crippen LogP contribution in [0.1, 0.15) is 45.4 Å². The number of aliphatic hydroxyl groups is 1. The molecule has 0 aromatic rings. The van der Waals surface area contributed by atoms with Gasteiger partial charge in [0.25, 0.3) is 0 Å². The van der Waals surface area contributed by atoms with Gasteiger partial charge >= 0.3 is 11.9 Å². The van der Waals surface area contributed by atoms with E-state index in [2.05, 4.69) is 4.74 Å². The van der Waals surface area contributed by atoms with Crippen LogP contribution in [0.5, 0.6) is 0 Å². The summed E-state index contributed by atoms with van der Waals surface area (Å²) in [7, 11) is 0. The summed E-state index contributed by atoms with van der Waals surface area (Å²) in [5.74, 6) is -5.31. The van der Waals surface area contributed by atoms with Crippen molar-refractivity contribution in [2.75, 3.05) is 6.61 Å². The molecule has 0 spiro atoms. The summed E-state index contributed by atoms with van der Waals surface area (Å²) < 4.78 is 31.1. The van der Waals surface area contributed by atoms with Crippen molar-refractivity contribution in [2.45, 2.75) is 57.5 Å². The molecule has 1 aliphatic rings. The SMILES string of the molecule is CCOC(=O)C(F)(F)C(O)CC1CCCCC1. The van der Waals surface area contributed by atoms with E-state index < -0.39 is 18.0 Å².